The molecule has 4 aliphatic rings. The Morgan fingerprint density at radius 1 is 1.04 bits per heavy atom. The minimum Gasteiger partial charge on any atom is -0.493 e. The van der Waals surface area contributed by atoms with E-state index in [9.17, 15) is 0 Å². The summed E-state index contributed by atoms with van der Waals surface area (Å²) < 4.78 is 11.1. The van der Waals surface area contributed by atoms with E-state index >= 15 is 0 Å². The lowest BCUT2D eigenvalue weighted by Crippen LogP contribution is -2.36. The SMILES string of the molecule is COc1ccccc1OCCN=C1NC2CC3CC(C2)CC1C3. The largest absolute Gasteiger partial charge is 0.493 e. The Balaban J connectivity index is 1.36. The van der Waals surface area contributed by atoms with Crippen LogP contribution < -0.4 is 14.8 Å². The maximum Gasteiger partial charge on any atom is 0.161 e. The average Bonchev–Trinajstić information content (AvgIpc) is 2.75. The van der Waals surface area contributed by atoms with Crippen molar-refractivity contribution in [1.82, 2.24) is 5.32 Å². The first kappa shape index (κ1) is 14.9. The van der Waals surface area contributed by atoms with Crippen molar-refractivity contribution in [3.8, 4) is 11.5 Å². The second-order valence-corrected chi connectivity index (χ2v) is 7.22. The standard InChI is InChI=1S/C19H26N2O2/c1-22-17-4-2-3-5-18(17)23-7-6-20-19-15-9-13-8-14(10-15)12-16(11-13)21-19/h2-5,13-16H,6-12H2,1H3,(H,20,21). The molecular weight excluding hydrogens is 288 g/mol. The zero-order chi connectivity index (χ0) is 15.6. The molecule has 5 rings (SSSR count). The van der Waals surface area contributed by atoms with E-state index in [1.807, 2.05) is 24.3 Å². The summed E-state index contributed by atoms with van der Waals surface area (Å²) in [4.78, 5) is 4.85. The Labute approximate surface area is 138 Å². The molecule has 2 aliphatic heterocycles. The van der Waals surface area contributed by atoms with Crippen LogP contribution >= 0.6 is 0 Å². The van der Waals surface area contributed by atoms with Gasteiger partial charge in [0.2, 0.25) is 0 Å². The van der Waals surface area contributed by atoms with E-state index in [4.69, 9.17) is 14.5 Å². The number of nitrogens with one attached hydrogen (secondary N) is 1. The van der Waals surface area contributed by atoms with Gasteiger partial charge in [0.1, 0.15) is 6.61 Å². The van der Waals surface area contributed by atoms with Crippen molar-refractivity contribution >= 4 is 5.84 Å². The Morgan fingerprint density at radius 3 is 2.52 bits per heavy atom. The van der Waals surface area contributed by atoms with Crippen LogP contribution in [0.4, 0.5) is 0 Å². The van der Waals surface area contributed by atoms with Crippen LogP contribution in [0.5, 0.6) is 11.5 Å². The minimum atomic E-state index is 0.593. The number of fused-ring (bicyclic) bond motifs is 1. The van der Waals surface area contributed by atoms with E-state index in [0.717, 1.165) is 23.3 Å². The highest BCUT2D eigenvalue weighted by molar-refractivity contribution is 5.85. The van der Waals surface area contributed by atoms with Crippen LogP contribution in [0.1, 0.15) is 32.1 Å². The van der Waals surface area contributed by atoms with Crippen LogP contribution in [-0.4, -0.2) is 32.1 Å². The summed E-state index contributed by atoms with van der Waals surface area (Å²) >= 11 is 0. The van der Waals surface area contributed by atoms with Crippen molar-refractivity contribution in [2.75, 3.05) is 20.3 Å². The summed E-state index contributed by atoms with van der Waals surface area (Å²) in [5, 5.41) is 3.73. The highest BCUT2D eigenvalue weighted by Crippen LogP contribution is 2.45. The number of benzene rings is 1. The fourth-order valence-electron chi connectivity index (χ4n) is 4.75. The molecule has 1 aromatic carbocycles. The molecular formula is C19H26N2O2. The highest BCUT2D eigenvalue weighted by atomic mass is 16.5. The lowest BCUT2D eigenvalue weighted by molar-refractivity contribution is 0.162. The van der Waals surface area contributed by atoms with Crippen LogP contribution in [0.25, 0.3) is 0 Å². The third-order valence-corrected chi connectivity index (χ3v) is 5.58. The normalized spacial score (nSPS) is 33.3. The number of hydrogen-bond donors (Lipinski definition) is 1. The Kier molecular flexibility index (Phi) is 4.15. The third-order valence-electron chi connectivity index (χ3n) is 5.58. The van der Waals surface area contributed by atoms with Gasteiger partial charge in [-0.2, -0.15) is 0 Å². The number of aliphatic imine (C=N–C) groups is 1. The Morgan fingerprint density at radius 2 is 1.78 bits per heavy atom. The summed E-state index contributed by atoms with van der Waals surface area (Å²) in [6.45, 7) is 1.30. The molecule has 2 heterocycles. The lowest BCUT2D eigenvalue weighted by atomic mass is 9.68. The predicted molar refractivity (Wildman–Crippen MR) is 91.3 cm³/mol. The predicted octanol–water partition coefficient (Wildman–Crippen LogP) is 3.27. The van der Waals surface area contributed by atoms with Gasteiger partial charge in [-0.1, -0.05) is 12.1 Å². The van der Waals surface area contributed by atoms with Gasteiger partial charge < -0.3 is 14.8 Å². The summed E-state index contributed by atoms with van der Waals surface area (Å²) in [5.41, 5.74) is 0. The van der Waals surface area contributed by atoms with Crippen molar-refractivity contribution < 1.29 is 9.47 Å². The van der Waals surface area contributed by atoms with E-state index in [1.54, 1.807) is 7.11 Å². The monoisotopic (exact) mass is 314 g/mol. The molecule has 0 aromatic heterocycles. The number of para-hydroxylation sites is 2. The lowest BCUT2D eigenvalue weighted by Gasteiger charge is -2.37. The van der Waals surface area contributed by atoms with E-state index in [0.29, 0.717) is 25.1 Å². The number of ether oxygens (including phenoxy) is 2. The number of amidine groups is 1. The highest BCUT2D eigenvalue weighted by Gasteiger charge is 2.41. The van der Waals surface area contributed by atoms with E-state index in [-0.39, 0.29) is 0 Å². The van der Waals surface area contributed by atoms with Crippen LogP contribution in [0, 0.1) is 17.8 Å². The molecule has 4 nitrogen and oxygen atoms in total. The van der Waals surface area contributed by atoms with Crippen molar-refractivity contribution in [3.05, 3.63) is 24.3 Å². The molecule has 4 bridgehead atoms. The zero-order valence-electron chi connectivity index (χ0n) is 13.8. The molecule has 23 heavy (non-hydrogen) atoms. The van der Waals surface area contributed by atoms with Crippen molar-refractivity contribution in [3.63, 3.8) is 0 Å². The van der Waals surface area contributed by atoms with Gasteiger partial charge in [-0.25, -0.2) is 0 Å². The van der Waals surface area contributed by atoms with Gasteiger partial charge >= 0.3 is 0 Å². The first-order chi connectivity index (χ1) is 11.3. The van der Waals surface area contributed by atoms with Crippen LogP contribution in [0.2, 0.25) is 0 Å². The number of hydrogen-bond acceptors (Lipinski definition) is 3. The quantitative estimate of drug-likeness (QED) is 0.848. The molecule has 2 aliphatic carbocycles. The molecule has 2 saturated carbocycles. The van der Waals surface area contributed by atoms with Gasteiger partial charge in [-0.15, -0.1) is 0 Å². The number of rotatable bonds is 5. The van der Waals surface area contributed by atoms with Crippen molar-refractivity contribution in [1.29, 1.82) is 0 Å². The van der Waals surface area contributed by atoms with E-state index in [2.05, 4.69) is 5.32 Å². The van der Waals surface area contributed by atoms with E-state index < -0.39 is 0 Å². The van der Waals surface area contributed by atoms with Gasteiger partial charge in [0.05, 0.1) is 19.5 Å². The third kappa shape index (κ3) is 3.17. The van der Waals surface area contributed by atoms with Gasteiger partial charge in [0.15, 0.2) is 11.5 Å². The Bertz CT molecular complexity index is 572. The van der Waals surface area contributed by atoms with E-state index in [1.165, 1.54) is 37.9 Å². The van der Waals surface area contributed by atoms with Gasteiger partial charge in [0.25, 0.3) is 0 Å². The topological polar surface area (TPSA) is 42.9 Å². The second kappa shape index (κ2) is 6.42. The van der Waals surface area contributed by atoms with Crippen molar-refractivity contribution in [2.45, 2.75) is 38.1 Å². The fourth-order valence-corrected chi connectivity index (χ4v) is 4.75. The maximum atomic E-state index is 5.83. The van der Waals surface area contributed by atoms with Crippen LogP contribution in [-0.2, 0) is 0 Å². The summed E-state index contributed by atoms with van der Waals surface area (Å²) in [6, 6.07) is 8.44. The molecule has 0 amide bonds. The zero-order valence-corrected chi connectivity index (χ0v) is 13.8. The van der Waals surface area contributed by atoms with Gasteiger partial charge in [-0.3, -0.25) is 4.99 Å². The number of nitrogens with zero attached hydrogens (tertiary/aromatic N) is 1. The summed E-state index contributed by atoms with van der Waals surface area (Å²) in [5.74, 6) is 5.36. The first-order valence-electron chi connectivity index (χ1n) is 8.88. The summed E-state index contributed by atoms with van der Waals surface area (Å²) in [7, 11) is 1.67. The molecule has 2 unspecified atom stereocenters. The average molecular weight is 314 g/mol. The first-order valence-corrected chi connectivity index (χ1v) is 8.88. The van der Waals surface area contributed by atoms with Crippen LogP contribution in [0.15, 0.2) is 29.3 Å². The van der Waals surface area contributed by atoms with Gasteiger partial charge in [-0.05, 0) is 56.1 Å². The van der Waals surface area contributed by atoms with Crippen molar-refractivity contribution in [2.24, 2.45) is 22.7 Å². The molecule has 0 spiro atoms. The molecule has 2 saturated heterocycles. The Hall–Kier alpha value is -1.71. The molecule has 2 atom stereocenters. The molecule has 1 aromatic rings. The van der Waals surface area contributed by atoms with Gasteiger partial charge in [0, 0.05) is 12.0 Å². The maximum absolute atomic E-state index is 5.83. The molecule has 4 fully saturated rings. The second-order valence-electron chi connectivity index (χ2n) is 7.22. The minimum absolute atomic E-state index is 0.593. The number of methoxy groups -OCH3 is 1. The smallest absolute Gasteiger partial charge is 0.161 e. The summed E-state index contributed by atoms with van der Waals surface area (Å²) in [6.07, 6.45) is 6.84. The molecule has 0 radical (unpaired) electrons. The molecule has 1 N–H and O–H groups in total. The fraction of sp³-hybridized carbons (Fsp3) is 0.632. The van der Waals surface area contributed by atoms with Crippen LogP contribution in [0.3, 0.4) is 0 Å². The molecule has 124 valence electrons. The molecule has 4 heteroatoms.